The Balaban J connectivity index is 4.16. The first kappa shape index (κ1) is 13.2. The molecule has 82 valence electrons. The molecule has 0 aliphatic carbocycles. The Bertz CT molecular complexity index is 185. The molecule has 0 amide bonds. The molecule has 3 nitrogen and oxygen atoms in total. The number of hydrogen-bond donors (Lipinski definition) is 0. The molecule has 0 bridgehead atoms. The van der Waals surface area contributed by atoms with Gasteiger partial charge in [0.1, 0.15) is 0 Å². The predicted molar refractivity (Wildman–Crippen MR) is 63.1 cm³/mol. The zero-order valence-electron chi connectivity index (χ0n) is 10.2. The van der Waals surface area contributed by atoms with Gasteiger partial charge in [-0.15, -0.1) is 0 Å². The summed E-state index contributed by atoms with van der Waals surface area (Å²) in [5.74, 6) is 0. The topological polar surface area (TPSA) is 9.72 Å². The lowest BCUT2D eigenvalue weighted by atomic mass is 10.3. The molecule has 0 unspecified atom stereocenters. The largest absolute Gasteiger partial charge is 0.383 e. The molecule has 0 atom stereocenters. The molecule has 0 saturated carbocycles. The van der Waals surface area contributed by atoms with Crippen molar-refractivity contribution >= 4 is 0 Å². The molecule has 14 heavy (non-hydrogen) atoms. The summed E-state index contributed by atoms with van der Waals surface area (Å²) in [4.78, 5) is 6.35. The van der Waals surface area contributed by atoms with Gasteiger partial charge in [-0.2, -0.15) is 0 Å². The molecule has 0 rings (SSSR count). The van der Waals surface area contributed by atoms with E-state index in [4.69, 9.17) is 0 Å². The molecule has 3 heteroatoms. The molecule has 0 saturated heterocycles. The molecule has 0 aliphatic heterocycles. The van der Waals surface area contributed by atoms with Gasteiger partial charge in [-0.3, -0.25) is 9.80 Å². The van der Waals surface area contributed by atoms with Gasteiger partial charge in [0.05, 0.1) is 6.17 Å². The van der Waals surface area contributed by atoms with Crippen molar-refractivity contribution in [3.8, 4) is 0 Å². The third-order valence-corrected chi connectivity index (χ3v) is 1.84. The van der Waals surface area contributed by atoms with Gasteiger partial charge in [-0.25, -0.2) is 0 Å². The molecule has 0 aliphatic rings. The second-order valence-corrected chi connectivity index (χ2v) is 4.03. The summed E-state index contributed by atoms with van der Waals surface area (Å²) in [7, 11) is 12.3. The quantitative estimate of drug-likeness (QED) is 0.482. The van der Waals surface area contributed by atoms with E-state index in [0.717, 1.165) is 0 Å². The monoisotopic (exact) mass is 197 g/mol. The van der Waals surface area contributed by atoms with Crippen molar-refractivity contribution in [2.24, 2.45) is 0 Å². The van der Waals surface area contributed by atoms with Crippen LogP contribution in [-0.2, 0) is 0 Å². The summed E-state index contributed by atoms with van der Waals surface area (Å²) in [6, 6.07) is 0. The Labute approximate surface area is 88.3 Å². The number of hydrogen-bond acceptors (Lipinski definition) is 3. The van der Waals surface area contributed by atoms with Crippen LogP contribution in [0.5, 0.6) is 0 Å². The zero-order chi connectivity index (χ0) is 11.1. The first-order chi connectivity index (χ1) is 6.45. The summed E-state index contributed by atoms with van der Waals surface area (Å²) in [5, 5.41) is 0. The lowest BCUT2D eigenvalue weighted by molar-refractivity contribution is 0.174. The highest BCUT2D eigenvalue weighted by Gasteiger charge is 2.07. The Morgan fingerprint density at radius 2 is 1.29 bits per heavy atom. The molecule has 0 radical (unpaired) electrons. The maximum absolute atomic E-state index is 2.17. The first-order valence-electron chi connectivity index (χ1n) is 4.79. The maximum Gasteiger partial charge on any atom is 0.0808 e. The molecule has 0 N–H and O–H groups in total. The van der Waals surface area contributed by atoms with Gasteiger partial charge in [0, 0.05) is 14.1 Å². The van der Waals surface area contributed by atoms with Crippen LogP contribution < -0.4 is 0 Å². The Kier molecular flexibility index (Phi) is 6.25. The van der Waals surface area contributed by atoms with Crippen molar-refractivity contribution < 1.29 is 0 Å². The van der Waals surface area contributed by atoms with E-state index in [9.17, 15) is 0 Å². The number of nitrogens with zero attached hydrogens (tertiary/aromatic N) is 3. The SMILES string of the molecule is CN(C)C=CC=CC(N(C)C)N(C)C. The number of rotatable bonds is 5. The summed E-state index contributed by atoms with van der Waals surface area (Å²) >= 11 is 0. The minimum atomic E-state index is 0.349. The van der Waals surface area contributed by atoms with Crippen LogP contribution in [-0.4, -0.2) is 63.2 Å². The summed E-state index contributed by atoms with van der Waals surface area (Å²) in [6.07, 6.45) is 8.66. The summed E-state index contributed by atoms with van der Waals surface area (Å²) < 4.78 is 0. The molecule has 0 aromatic rings. The molecular weight excluding hydrogens is 174 g/mol. The molecule has 0 heterocycles. The van der Waals surface area contributed by atoms with Crippen molar-refractivity contribution in [3.63, 3.8) is 0 Å². The third-order valence-electron chi connectivity index (χ3n) is 1.84. The minimum absolute atomic E-state index is 0.349. The van der Waals surface area contributed by atoms with Crippen LogP contribution in [0.25, 0.3) is 0 Å². The number of allylic oxidation sites excluding steroid dienone is 2. The fourth-order valence-electron chi connectivity index (χ4n) is 1.19. The highest BCUT2D eigenvalue weighted by atomic mass is 15.3. The van der Waals surface area contributed by atoms with Crippen molar-refractivity contribution in [1.82, 2.24) is 14.7 Å². The predicted octanol–water partition coefficient (Wildman–Crippen LogP) is 1.07. The van der Waals surface area contributed by atoms with Crippen LogP contribution in [0.1, 0.15) is 0 Å². The lowest BCUT2D eigenvalue weighted by Gasteiger charge is -2.27. The van der Waals surface area contributed by atoms with Crippen LogP contribution in [0, 0.1) is 0 Å². The average Bonchev–Trinajstić information content (AvgIpc) is 2.01. The van der Waals surface area contributed by atoms with Gasteiger partial charge in [-0.05, 0) is 40.5 Å². The molecule has 0 aromatic carbocycles. The van der Waals surface area contributed by atoms with Crippen LogP contribution >= 0.6 is 0 Å². The Morgan fingerprint density at radius 3 is 1.64 bits per heavy atom. The van der Waals surface area contributed by atoms with E-state index >= 15 is 0 Å². The second-order valence-electron chi connectivity index (χ2n) is 4.03. The van der Waals surface area contributed by atoms with E-state index in [1.807, 2.05) is 31.3 Å². The maximum atomic E-state index is 2.17. The van der Waals surface area contributed by atoms with Gasteiger partial charge in [-0.1, -0.05) is 12.2 Å². The summed E-state index contributed by atoms with van der Waals surface area (Å²) in [5.41, 5.74) is 0. The van der Waals surface area contributed by atoms with Crippen molar-refractivity contribution in [2.45, 2.75) is 6.17 Å². The summed E-state index contributed by atoms with van der Waals surface area (Å²) in [6.45, 7) is 0. The standard InChI is InChI=1S/C11H23N3/c1-12(2)10-8-7-9-11(13(3)4)14(5)6/h7-11H,1-6H3. The van der Waals surface area contributed by atoms with Crippen molar-refractivity contribution in [3.05, 3.63) is 24.4 Å². The van der Waals surface area contributed by atoms with Gasteiger partial charge >= 0.3 is 0 Å². The van der Waals surface area contributed by atoms with E-state index in [1.165, 1.54) is 0 Å². The minimum Gasteiger partial charge on any atom is -0.383 e. The van der Waals surface area contributed by atoms with Gasteiger partial charge in [0.25, 0.3) is 0 Å². The fourth-order valence-corrected chi connectivity index (χ4v) is 1.19. The Hall–Kier alpha value is -0.800. The lowest BCUT2D eigenvalue weighted by Crippen LogP contribution is -2.38. The van der Waals surface area contributed by atoms with Gasteiger partial charge < -0.3 is 4.90 Å². The van der Waals surface area contributed by atoms with Crippen molar-refractivity contribution in [2.75, 3.05) is 42.3 Å². The number of likely N-dealkylation sites (N-methyl/N-ethyl adjacent to an activating group) is 2. The molecule has 0 aromatic heterocycles. The molecular formula is C11H23N3. The zero-order valence-corrected chi connectivity index (χ0v) is 10.2. The van der Waals surface area contributed by atoms with E-state index in [2.05, 4.69) is 50.1 Å². The fraction of sp³-hybridized carbons (Fsp3) is 0.636. The molecule has 0 fully saturated rings. The average molecular weight is 197 g/mol. The van der Waals surface area contributed by atoms with E-state index in [1.54, 1.807) is 0 Å². The van der Waals surface area contributed by atoms with E-state index in [-0.39, 0.29) is 0 Å². The van der Waals surface area contributed by atoms with E-state index in [0.29, 0.717) is 6.17 Å². The Morgan fingerprint density at radius 1 is 0.786 bits per heavy atom. The van der Waals surface area contributed by atoms with Gasteiger partial charge in [0.15, 0.2) is 0 Å². The highest BCUT2D eigenvalue weighted by Crippen LogP contribution is 1.98. The van der Waals surface area contributed by atoms with Crippen LogP contribution in [0.2, 0.25) is 0 Å². The highest BCUT2D eigenvalue weighted by molar-refractivity contribution is 5.05. The smallest absolute Gasteiger partial charge is 0.0808 e. The molecule has 0 spiro atoms. The first-order valence-corrected chi connectivity index (χ1v) is 4.79. The van der Waals surface area contributed by atoms with E-state index < -0.39 is 0 Å². The van der Waals surface area contributed by atoms with Crippen LogP contribution in [0.15, 0.2) is 24.4 Å². The van der Waals surface area contributed by atoms with Crippen LogP contribution in [0.4, 0.5) is 0 Å². The van der Waals surface area contributed by atoms with Crippen LogP contribution in [0.3, 0.4) is 0 Å². The van der Waals surface area contributed by atoms with Crippen molar-refractivity contribution in [1.29, 1.82) is 0 Å². The van der Waals surface area contributed by atoms with Gasteiger partial charge in [0.2, 0.25) is 0 Å². The second kappa shape index (κ2) is 6.62. The normalized spacial score (nSPS) is 12.9. The third kappa shape index (κ3) is 5.78.